The van der Waals surface area contributed by atoms with E-state index in [-0.39, 0.29) is 0 Å². The van der Waals surface area contributed by atoms with Crippen molar-refractivity contribution in [2.75, 3.05) is 5.32 Å². The van der Waals surface area contributed by atoms with Crippen LogP contribution in [0, 0.1) is 6.92 Å². The normalized spacial score (nSPS) is 14.7. The Bertz CT molecular complexity index is 432. The van der Waals surface area contributed by atoms with Crippen LogP contribution in [0.1, 0.15) is 18.5 Å². The van der Waals surface area contributed by atoms with Crippen molar-refractivity contribution in [3.05, 3.63) is 20.7 Å². The summed E-state index contributed by atoms with van der Waals surface area (Å²) in [5, 5.41) is 6.94. The van der Waals surface area contributed by atoms with Gasteiger partial charge in [-0.3, -0.25) is 0 Å². The summed E-state index contributed by atoms with van der Waals surface area (Å²) in [4.78, 5) is 4.41. The standard InChI is InChI=1S/C10H11Br2N3S/c1-5-7(11)4-8(12)9(13-5)15-10(16)14-6-2-3-6/h4,6H,2-3H2,1H3,(H2,13,14,15,16). The smallest absolute Gasteiger partial charge is 0.172 e. The first-order chi connectivity index (χ1) is 7.56. The fourth-order valence-corrected chi connectivity index (χ4v) is 2.51. The van der Waals surface area contributed by atoms with E-state index >= 15 is 0 Å². The second kappa shape index (κ2) is 4.98. The molecule has 1 aromatic heterocycles. The first kappa shape index (κ1) is 12.3. The van der Waals surface area contributed by atoms with Crippen molar-refractivity contribution in [2.24, 2.45) is 0 Å². The molecule has 2 rings (SSSR count). The summed E-state index contributed by atoms with van der Waals surface area (Å²) in [5.41, 5.74) is 0.930. The lowest BCUT2D eigenvalue weighted by Crippen LogP contribution is -2.30. The third-order valence-corrected chi connectivity index (χ3v) is 3.88. The van der Waals surface area contributed by atoms with E-state index in [9.17, 15) is 0 Å². The van der Waals surface area contributed by atoms with Gasteiger partial charge in [0.15, 0.2) is 5.11 Å². The van der Waals surface area contributed by atoms with Crippen LogP contribution in [0.15, 0.2) is 15.0 Å². The molecule has 2 N–H and O–H groups in total. The Kier molecular flexibility index (Phi) is 3.81. The van der Waals surface area contributed by atoms with E-state index < -0.39 is 0 Å². The van der Waals surface area contributed by atoms with Crippen molar-refractivity contribution < 1.29 is 0 Å². The zero-order chi connectivity index (χ0) is 11.7. The van der Waals surface area contributed by atoms with Crippen LogP contribution >= 0.6 is 44.1 Å². The minimum absolute atomic E-state index is 0.551. The fourth-order valence-electron chi connectivity index (χ4n) is 1.20. The molecule has 0 amide bonds. The Balaban J connectivity index is 2.07. The molecule has 0 bridgehead atoms. The molecular weight excluding hydrogens is 354 g/mol. The van der Waals surface area contributed by atoms with Crippen molar-refractivity contribution >= 4 is 55.0 Å². The Labute approximate surface area is 117 Å². The maximum Gasteiger partial charge on any atom is 0.172 e. The van der Waals surface area contributed by atoms with Gasteiger partial charge in [-0.2, -0.15) is 0 Å². The second-order valence-corrected chi connectivity index (χ2v) is 5.88. The van der Waals surface area contributed by atoms with Crippen LogP contribution in [0.25, 0.3) is 0 Å². The molecule has 1 saturated carbocycles. The van der Waals surface area contributed by atoms with Crippen molar-refractivity contribution in [1.29, 1.82) is 0 Å². The van der Waals surface area contributed by atoms with Gasteiger partial charge in [0.2, 0.25) is 0 Å². The summed E-state index contributed by atoms with van der Waals surface area (Å²) in [6, 6.07) is 2.51. The number of nitrogens with one attached hydrogen (secondary N) is 2. The fraction of sp³-hybridized carbons (Fsp3) is 0.400. The number of halogens is 2. The molecule has 1 aliphatic carbocycles. The first-order valence-corrected chi connectivity index (χ1v) is 6.96. The van der Waals surface area contributed by atoms with Crippen molar-refractivity contribution in [3.8, 4) is 0 Å². The molecule has 0 unspecified atom stereocenters. The van der Waals surface area contributed by atoms with Gasteiger partial charge in [-0.25, -0.2) is 4.98 Å². The molecule has 0 radical (unpaired) electrons. The summed E-state index contributed by atoms with van der Waals surface area (Å²) in [6.45, 7) is 1.94. The summed E-state index contributed by atoms with van der Waals surface area (Å²) < 4.78 is 1.87. The number of thiocarbonyl (C=S) groups is 1. The number of aromatic nitrogens is 1. The predicted octanol–water partition coefficient (Wildman–Crippen LogP) is 3.36. The SMILES string of the molecule is Cc1nc(NC(=S)NC2CC2)c(Br)cc1Br. The molecule has 16 heavy (non-hydrogen) atoms. The second-order valence-electron chi connectivity index (χ2n) is 3.76. The Morgan fingerprint density at radius 1 is 1.44 bits per heavy atom. The Hall–Kier alpha value is -0.200. The van der Waals surface area contributed by atoms with Gasteiger partial charge in [0.25, 0.3) is 0 Å². The molecule has 6 heteroatoms. The molecule has 86 valence electrons. The van der Waals surface area contributed by atoms with E-state index in [0.29, 0.717) is 11.2 Å². The molecule has 3 nitrogen and oxygen atoms in total. The van der Waals surface area contributed by atoms with Crippen LogP contribution in [0.3, 0.4) is 0 Å². The molecule has 1 heterocycles. The van der Waals surface area contributed by atoms with Gasteiger partial charge >= 0.3 is 0 Å². The molecule has 1 fully saturated rings. The molecule has 0 saturated heterocycles. The van der Waals surface area contributed by atoms with Crippen molar-refractivity contribution in [1.82, 2.24) is 10.3 Å². The van der Waals surface area contributed by atoms with Crippen LogP contribution in [0.4, 0.5) is 5.82 Å². The molecule has 0 atom stereocenters. The maximum absolute atomic E-state index is 5.19. The van der Waals surface area contributed by atoms with Crippen LogP contribution in [-0.4, -0.2) is 16.1 Å². The zero-order valence-corrected chi connectivity index (χ0v) is 12.7. The van der Waals surface area contributed by atoms with E-state index in [2.05, 4.69) is 47.5 Å². The van der Waals surface area contributed by atoms with Crippen LogP contribution in [0.5, 0.6) is 0 Å². The summed E-state index contributed by atoms with van der Waals surface area (Å²) in [5.74, 6) is 0.749. The van der Waals surface area contributed by atoms with Gasteiger partial charge in [-0.1, -0.05) is 0 Å². The molecular formula is C10H11Br2N3S. The van der Waals surface area contributed by atoms with E-state index in [4.69, 9.17) is 12.2 Å². The van der Waals surface area contributed by atoms with E-state index in [1.165, 1.54) is 12.8 Å². The van der Waals surface area contributed by atoms with E-state index in [0.717, 1.165) is 20.5 Å². The highest BCUT2D eigenvalue weighted by atomic mass is 79.9. The zero-order valence-electron chi connectivity index (χ0n) is 8.68. The third-order valence-electron chi connectivity index (χ3n) is 2.25. The van der Waals surface area contributed by atoms with Crippen molar-refractivity contribution in [3.63, 3.8) is 0 Å². The highest BCUT2D eigenvalue weighted by molar-refractivity contribution is 9.11. The van der Waals surface area contributed by atoms with Gasteiger partial charge in [0, 0.05) is 10.5 Å². The molecule has 0 aromatic carbocycles. The van der Waals surface area contributed by atoms with Crippen LogP contribution < -0.4 is 10.6 Å². The summed E-state index contributed by atoms with van der Waals surface area (Å²) in [7, 11) is 0. The van der Waals surface area contributed by atoms with E-state index in [1.54, 1.807) is 0 Å². The lowest BCUT2D eigenvalue weighted by atomic mass is 10.4. The predicted molar refractivity (Wildman–Crippen MR) is 76.8 cm³/mol. The first-order valence-electron chi connectivity index (χ1n) is 4.96. The lowest BCUT2D eigenvalue weighted by molar-refractivity contribution is 0.917. The monoisotopic (exact) mass is 363 g/mol. The highest BCUT2D eigenvalue weighted by Crippen LogP contribution is 2.26. The average molecular weight is 365 g/mol. The van der Waals surface area contributed by atoms with Crippen LogP contribution in [0.2, 0.25) is 0 Å². The molecule has 1 aliphatic rings. The van der Waals surface area contributed by atoms with Gasteiger partial charge in [0.1, 0.15) is 5.82 Å². The number of rotatable bonds is 2. The number of nitrogens with zero attached hydrogens (tertiary/aromatic N) is 1. The van der Waals surface area contributed by atoms with Crippen LogP contribution in [-0.2, 0) is 0 Å². The topological polar surface area (TPSA) is 37.0 Å². The van der Waals surface area contributed by atoms with Gasteiger partial charge in [-0.05, 0) is 69.9 Å². The highest BCUT2D eigenvalue weighted by Gasteiger charge is 2.22. The minimum atomic E-state index is 0.551. The number of anilines is 1. The average Bonchev–Trinajstić information content (AvgIpc) is 2.98. The van der Waals surface area contributed by atoms with E-state index in [1.807, 2.05) is 13.0 Å². The summed E-state index contributed by atoms with van der Waals surface area (Å²) in [6.07, 6.45) is 2.41. The minimum Gasteiger partial charge on any atom is -0.360 e. The lowest BCUT2D eigenvalue weighted by Gasteiger charge is -2.11. The van der Waals surface area contributed by atoms with Gasteiger partial charge in [-0.15, -0.1) is 0 Å². The molecule has 0 spiro atoms. The maximum atomic E-state index is 5.19. The summed E-state index contributed by atoms with van der Waals surface area (Å²) >= 11 is 12.1. The number of aryl methyl sites for hydroxylation is 1. The Morgan fingerprint density at radius 3 is 2.75 bits per heavy atom. The van der Waals surface area contributed by atoms with Gasteiger partial charge in [0.05, 0.1) is 10.2 Å². The Morgan fingerprint density at radius 2 is 2.12 bits per heavy atom. The quantitative estimate of drug-likeness (QED) is 0.789. The molecule has 0 aliphatic heterocycles. The van der Waals surface area contributed by atoms with Gasteiger partial charge < -0.3 is 10.6 Å². The number of hydrogen-bond acceptors (Lipinski definition) is 2. The number of hydrogen-bond donors (Lipinski definition) is 2. The number of pyridine rings is 1. The third kappa shape index (κ3) is 3.15. The largest absolute Gasteiger partial charge is 0.360 e. The van der Waals surface area contributed by atoms with Crippen molar-refractivity contribution in [2.45, 2.75) is 25.8 Å². The molecule has 1 aromatic rings.